The lowest BCUT2D eigenvalue weighted by molar-refractivity contribution is 0.593. The predicted molar refractivity (Wildman–Crippen MR) is 70.9 cm³/mol. The normalized spacial score (nSPS) is 14.4. The zero-order valence-corrected chi connectivity index (χ0v) is 13.4. The Hall–Kier alpha value is 0.630. The van der Waals surface area contributed by atoms with Crippen molar-refractivity contribution >= 4 is 68.8 Å². The summed E-state index contributed by atoms with van der Waals surface area (Å²) < 4.78 is 35.7. The number of halogens is 2. The third kappa shape index (κ3) is 2.85. The fraction of sp³-hybridized carbons (Fsp3) is 0.286. The monoisotopic (exact) mass is 393 g/mol. The molecule has 0 unspecified atom stereocenters. The minimum atomic E-state index is -3.38. The highest BCUT2D eigenvalue weighted by Crippen LogP contribution is 2.40. The Balaban J connectivity index is 3.73. The van der Waals surface area contributed by atoms with Gasteiger partial charge in [-0.2, -0.15) is 5.37 Å². The molecule has 1 aromatic rings. The van der Waals surface area contributed by atoms with Crippen molar-refractivity contribution in [1.29, 1.82) is 0 Å². The molecule has 1 heterocycles. The van der Waals surface area contributed by atoms with Crippen LogP contribution in [-0.4, -0.2) is 20.0 Å². The van der Waals surface area contributed by atoms with E-state index in [9.17, 15) is 12.6 Å². The third-order valence-electron chi connectivity index (χ3n) is 1.53. The molecule has 1 rings (SSSR count). The predicted octanol–water partition coefficient (Wildman–Crippen LogP) is 2.82. The van der Waals surface area contributed by atoms with Gasteiger partial charge in [-0.25, -0.2) is 18.8 Å². The summed E-state index contributed by atoms with van der Waals surface area (Å²) in [5.41, 5.74) is 0. The van der Waals surface area contributed by atoms with Crippen LogP contribution in [-0.2, 0) is 24.4 Å². The van der Waals surface area contributed by atoms with Crippen LogP contribution in [0.1, 0.15) is 6.92 Å². The Kier molecular flexibility index (Phi) is 4.44. The van der Waals surface area contributed by atoms with Crippen LogP contribution in [0.5, 0.6) is 0 Å². The van der Waals surface area contributed by atoms with E-state index in [0.717, 1.165) is 6.26 Å². The average Bonchev–Trinajstić information content (AvgIpc) is 2.38. The van der Waals surface area contributed by atoms with Crippen molar-refractivity contribution in [2.45, 2.75) is 16.7 Å². The van der Waals surface area contributed by atoms with Gasteiger partial charge in [0, 0.05) is 6.26 Å². The van der Waals surface area contributed by atoms with Crippen molar-refractivity contribution < 1.29 is 12.6 Å². The topological polar surface area (TPSA) is 51.2 Å². The molecule has 0 aliphatic carbocycles. The minimum absolute atomic E-state index is 0.107. The minimum Gasteiger partial charge on any atom is -0.457 e. The van der Waals surface area contributed by atoms with Crippen molar-refractivity contribution in [1.82, 2.24) is 0 Å². The number of rotatable bonds is 2. The Bertz CT molecular complexity index is 565. The molecule has 0 bridgehead atoms. The van der Waals surface area contributed by atoms with Gasteiger partial charge in [-0.15, -0.1) is 11.3 Å². The fourth-order valence-electron chi connectivity index (χ4n) is 0.952. The number of hydrogen-bond donors (Lipinski definition) is 0. The van der Waals surface area contributed by atoms with Gasteiger partial charge < -0.3 is 4.21 Å². The number of sulfone groups is 1. The smallest absolute Gasteiger partial charge is 0.176 e. The highest BCUT2D eigenvalue weighted by Gasteiger charge is 2.19. The lowest BCUT2D eigenvalue weighted by Crippen LogP contribution is -2.00. The summed E-state index contributed by atoms with van der Waals surface area (Å²) in [6, 6.07) is 0. The highest BCUT2D eigenvalue weighted by molar-refractivity contribution is 9.12. The summed E-state index contributed by atoms with van der Waals surface area (Å²) in [6.45, 7) is 1.63. The molecule has 0 radical (unpaired) electrons. The van der Waals surface area contributed by atoms with Crippen LogP contribution in [0.25, 0.3) is 0 Å². The molecule has 1 aromatic heterocycles. The van der Waals surface area contributed by atoms with Gasteiger partial charge >= 0.3 is 0 Å². The van der Waals surface area contributed by atoms with E-state index in [-0.39, 0.29) is 4.90 Å². The zero-order valence-electron chi connectivity index (χ0n) is 7.78. The van der Waals surface area contributed by atoms with Gasteiger partial charge in [-0.3, -0.25) is 0 Å². The molecule has 0 saturated carbocycles. The maximum Gasteiger partial charge on any atom is 0.176 e. The fourth-order valence-corrected chi connectivity index (χ4v) is 8.33. The Morgan fingerprint density at radius 3 is 2.27 bits per heavy atom. The molecule has 0 fully saturated rings. The van der Waals surface area contributed by atoms with Crippen LogP contribution in [0.15, 0.2) is 17.4 Å². The first-order valence-corrected chi connectivity index (χ1v) is 9.17. The van der Waals surface area contributed by atoms with E-state index in [0.29, 0.717) is 12.5 Å². The quantitative estimate of drug-likeness (QED) is 0.572. The van der Waals surface area contributed by atoms with E-state index in [4.69, 9.17) is 0 Å². The van der Waals surface area contributed by atoms with Gasteiger partial charge in [0.25, 0.3) is 0 Å². The number of hydrogen-bond acceptors (Lipinski definition) is 5. The Morgan fingerprint density at radius 1 is 1.33 bits per heavy atom. The summed E-state index contributed by atoms with van der Waals surface area (Å²) in [6.07, 6.45) is 1.10. The van der Waals surface area contributed by atoms with Crippen LogP contribution in [0.4, 0.5) is 0 Å². The maximum atomic E-state index is 11.7. The van der Waals surface area contributed by atoms with E-state index >= 15 is 0 Å². The van der Waals surface area contributed by atoms with E-state index < -0.39 is 20.2 Å². The molecule has 0 spiro atoms. The molecule has 0 aliphatic heterocycles. The van der Waals surface area contributed by atoms with E-state index in [1.54, 1.807) is 6.92 Å². The molecule has 0 atom stereocenters. The first-order valence-electron chi connectivity index (χ1n) is 3.67. The summed E-state index contributed by atoms with van der Waals surface area (Å²) in [5, 5.41) is 1.45. The maximum absolute atomic E-state index is 11.7. The molecule has 3 nitrogen and oxygen atoms in total. The van der Waals surface area contributed by atoms with Crippen LogP contribution in [0, 0.1) is 0 Å². The second kappa shape index (κ2) is 4.87. The molecule has 0 aliphatic rings. The average molecular weight is 395 g/mol. The molecule has 86 valence electrons. The van der Waals surface area contributed by atoms with Gasteiger partial charge in [-0.05, 0) is 31.9 Å². The first-order chi connectivity index (χ1) is 6.79. The molecule has 8 heteroatoms. The van der Waals surface area contributed by atoms with Crippen molar-refractivity contribution in [3.63, 3.8) is 0 Å². The zero-order chi connectivity index (χ0) is 11.8. The van der Waals surface area contributed by atoms with E-state index in [1.165, 1.54) is 16.7 Å². The van der Waals surface area contributed by atoms with Gasteiger partial charge in [0.05, 0.1) is 12.5 Å². The molecule has 15 heavy (non-hydrogen) atoms. The second-order valence-electron chi connectivity index (χ2n) is 2.61. The summed E-state index contributed by atoms with van der Waals surface area (Å²) in [7, 11) is -4.79. The molecule has 0 amide bonds. The first kappa shape index (κ1) is 13.7. The van der Waals surface area contributed by atoms with E-state index in [1.807, 2.05) is 0 Å². The van der Waals surface area contributed by atoms with Crippen molar-refractivity contribution in [3.8, 4) is 0 Å². The molecule has 0 N–H and O–H groups in total. The van der Waals surface area contributed by atoms with Crippen molar-refractivity contribution in [3.05, 3.63) is 7.57 Å². The van der Waals surface area contributed by atoms with Gasteiger partial charge in [0.1, 0.15) is 0 Å². The Labute approximate surface area is 111 Å². The summed E-state index contributed by atoms with van der Waals surface area (Å²) >= 11 is 7.58. The SMILES string of the molecule is CC=[S-](=O)c1c(Br)sc(Br)c1S(C)(=O)=O. The lowest BCUT2D eigenvalue weighted by atomic mass is 10.7. The standard InChI is InChI=1S/C7H7Br2O3S3/c1-3-14(10)4-5(15(2,11)12)7(9)13-6(4)8/h3H,1-2H3/q-1. The van der Waals surface area contributed by atoms with Crippen LogP contribution >= 0.6 is 43.2 Å². The molecule has 0 aromatic carbocycles. The van der Waals surface area contributed by atoms with Crippen molar-refractivity contribution in [2.75, 3.05) is 6.26 Å². The number of thiophene rings is 1. The van der Waals surface area contributed by atoms with Gasteiger partial charge in [-0.1, -0.05) is 11.8 Å². The van der Waals surface area contributed by atoms with Gasteiger partial charge in [0.15, 0.2) is 9.84 Å². The van der Waals surface area contributed by atoms with Crippen molar-refractivity contribution in [2.24, 2.45) is 0 Å². The van der Waals surface area contributed by atoms with Gasteiger partial charge in [0.2, 0.25) is 0 Å². The summed E-state index contributed by atoms with van der Waals surface area (Å²) in [5.74, 6) is 0. The lowest BCUT2D eigenvalue weighted by Gasteiger charge is -2.07. The molecular weight excluding hydrogens is 388 g/mol. The van der Waals surface area contributed by atoms with Crippen LogP contribution in [0.3, 0.4) is 0 Å². The largest absolute Gasteiger partial charge is 0.457 e. The van der Waals surface area contributed by atoms with E-state index in [2.05, 4.69) is 31.9 Å². The molecule has 0 saturated heterocycles. The van der Waals surface area contributed by atoms with Crippen LogP contribution in [0.2, 0.25) is 0 Å². The Morgan fingerprint density at radius 2 is 1.87 bits per heavy atom. The molecular formula is C7H7Br2O3S3-. The third-order valence-corrected chi connectivity index (χ3v) is 7.36. The summed E-state index contributed by atoms with van der Waals surface area (Å²) in [4.78, 5) is 0.424. The second-order valence-corrected chi connectivity index (χ2v) is 9.70. The van der Waals surface area contributed by atoms with Crippen LogP contribution < -0.4 is 0 Å². The highest BCUT2D eigenvalue weighted by atomic mass is 79.9.